The summed E-state index contributed by atoms with van der Waals surface area (Å²) in [5.74, 6) is -8.29. The smallest absolute Gasteiger partial charge is 0.549 e. The zero-order valence-corrected chi connectivity index (χ0v) is 25.7. The van der Waals surface area contributed by atoms with Crippen molar-refractivity contribution in [2.24, 2.45) is 16.2 Å². The van der Waals surface area contributed by atoms with E-state index in [0.29, 0.717) is 19.3 Å². The standard InChI is InChI=1S/3C9H16O4.Al/c3*1-3-5-6-9(4-2,7(10)11)8(12)13;/h3*3-6H2,1-2H3,(H,10,11)(H,12,13);/q;;;+3/p-3. The Balaban J connectivity index is -0.000000240. The third kappa shape index (κ3) is 12.7. The number of carbonyl (C=O) groups excluding carboxylic acids is 3. The third-order valence-corrected chi connectivity index (χ3v) is 7.08. The molecule has 0 aromatic rings. The normalized spacial score (nSPS) is 14.6. The van der Waals surface area contributed by atoms with E-state index >= 15 is 0 Å². The van der Waals surface area contributed by atoms with Crippen LogP contribution in [0, 0.1) is 16.2 Å². The van der Waals surface area contributed by atoms with Crippen LogP contribution in [0.25, 0.3) is 0 Å². The molecule has 0 aromatic heterocycles. The first-order valence-electron chi connectivity index (χ1n) is 13.4. The van der Waals surface area contributed by atoms with Gasteiger partial charge in [0.2, 0.25) is 0 Å². The summed E-state index contributed by atoms with van der Waals surface area (Å²) >= 11 is 0. The molecule has 0 saturated heterocycles. The largest absolute Gasteiger partial charge is 3.00 e. The number of hydrogen-bond donors (Lipinski definition) is 3. The second-order valence-corrected chi connectivity index (χ2v) is 9.40. The van der Waals surface area contributed by atoms with Crippen LogP contribution in [-0.4, -0.2) is 68.5 Å². The minimum absolute atomic E-state index is 0. The van der Waals surface area contributed by atoms with Gasteiger partial charge in [-0.2, -0.15) is 0 Å². The molecule has 13 heteroatoms. The summed E-state index contributed by atoms with van der Waals surface area (Å²) in [7, 11) is 0. The Morgan fingerprint density at radius 2 is 0.650 bits per heavy atom. The summed E-state index contributed by atoms with van der Waals surface area (Å²) in [6, 6.07) is 0. The van der Waals surface area contributed by atoms with E-state index in [1.54, 1.807) is 20.8 Å². The van der Waals surface area contributed by atoms with Crippen molar-refractivity contribution in [3.05, 3.63) is 0 Å². The van der Waals surface area contributed by atoms with Crippen LogP contribution in [0.15, 0.2) is 0 Å². The van der Waals surface area contributed by atoms with Gasteiger partial charge in [0.05, 0.1) is 17.9 Å². The molecule has 0 aliphatic rings. The van der Waals surface area contributed by atoms with Crippen LogP contribution in [0.2, 0.25) is 0 Å². The zero-order valence-electron chi connectivity index (χ0n) is 24.6. The first-order valence-corrected chi connectivity index (χ1v) is 13.4. The van der Waals surface area contributed by atoms with Gasteiger partial charge in [-0.3, -0.25) is 14.4 Å². The molecule has 0 spiro atoms. The molecule has 0 bridgehead atoms. The van der Waals surface area contributed by atoms with Gasteiger partial charge in [0.15, 0.2) is 0 Å². The average molecular weight is 589 g/mol. The van der Waals surface area contributed by atoms with Crippen molar-refractivity contribution in [3.63, 3.8) is 0 Å². The molecule has 228 valence electrons. The molecule has 3 unspecified atom stereocenters. The van der Waals surface area contributed by atoms with Gasteiger partial charge in [-0.05, 0) is 38.5 Å². The molecule has 0 saturated carbocycles. The van der Waals surface area contributed by atoms with Crippen LogP contribution < -0.4 is 15.3 Å². The van der Waals surface area contributed by atoms with E-state index in [1.165, 1.54) is 0 Å². The van der Waals surface area contributed by atoms with E-state index in [4.69, 9.17) is 15.3 Å². The Labute approximate surface area is 247 Å². The Hall–Kier alpha value is -2.65. The number of carboxylic acids is 6. The molecule has 0 aromatic carbocycles. The summed E-state index contributed by atoms with van der Waals surface area (Å²) in [5.41, 5.74) is -5.05. The maximum Gasteiger partial charge on any atom is 3.00 e. The van der Waals surface area contributed by atoms with E-state index in [9.17, 15) is 44.1 Å². The van der Waals surface area contributed by atoms with Gasteiger partial charge in [0.25, 0.3) is 0 Å². The van der Waals surface area contributed by atoms with Crippen molar-refractivity contribution < 1.29 is 59.4 Å². The molecule has 0 heterocycles. The van der Waals surface area contributed by atoms with Crippen molar-refractivity contribution in [2.75, 3.05) is 0 Å². The first-order chi connectivity index (χ1) is 18.0. The quantitative estimate of drug-likeness (QED) is 0.149. The molecule has 0 radical (unpaired) electrons. The average Bonchev–Trinajstić information content (AvgIpc) is 2.86. The summed E-state index contributed by atoms with van der Waals surface area (Å²) in [6.07, 6.45) is 4.79. The minimum Gasteiger partial charge on any atom is -0.549 e. The van der Waals surface area contributed by atoms with E-state index < -0.39 is 52.1 Å². The van der Waals surface area contributed by atoms with Gasteiger partial charge in [-0.25, -0.2) is 0 Å². The predicted molar refractivity (Wildman–Crippen MR) is 140 cm³/mol. The molecule has 3 atom stereocenters. The maximum atomic E-state index is 10.8. The Morgan fingerprint density at radius 1 is 0.475 bits per heavy atom. The van der Waals surface area contributed by atoms with Gasteiger partial charge >= 0.3 is 35.3 Å². The van der Waals surface area contributed by atoms with Crippen molar-refractivity contribution in [1.82, 2.24) is 0 Å². The molecule has 12 nitrogen and oxygen atoms in total. The monoisotopic (exact) mass is 588 g/mol. The number of hydrogen-bond acceptors (Lipinski definition) is 9. The number of carbonyl (C=O) groups is 6. The van der Waals surface area contributed by atoms with Gasteiger partial charge in [0.1, 0.15) is 16.2 Å². The predicted octanol–water partition coefficient (Wildman–Crippen LogP) is 0.842. The summed E-state index contributed by atoms with van der Waals surface area (Å²) < 4.78 is 0. The minimum atomic E-state index is -1.68. The SMILES string of the molecule is CCCCC(CC)(C(=O)[O-])C(=O)O.CCCCC(CC)(C(=O)[O-])C(=O)O.CCCCC(CC)(C(=O)[O-])C(=O)O.[Al+3]. The number of carboxylic acid groups (broad SMARTS) is 6. The Bertz CT molecular complexity index is 663. The molecular weight excluding hydrogens is 543 g/mol. The Kier molecular flexibility index (Phi) is 24.5. The molecule has 3 N–H and O–H groups in total. The van der Waals surface area contributed by atoms with Crippen molar-refractivity contribution in [3.8, 4) is 0 Å². The van der Waals surface area contributed by atoms with E-state index in [2.05, 4.69) is 0 Å². The second-order valence-electron chi connectivity index (χ2n) is 9.40. The number of unbranched alkanes of at least 4 members (excludes halogenated alkanes) is 3. The molecule has 0 aliphatic heterocycles. The Morgan fingerprint density at radius 3 is 0.725 bits per heavy atom. The fourth-order valence-corrected chi connectivity index (χ4v) is 3.74. The third-order valence-electron chi connectivity index (χ3n) is 7.08. The second kappa shape index (κ2) is 22.1. The summed E-state index contributed by atoms with van der Waals surface area (Å²) in [5, 5.41) is 58.5. The van der Waals surface area contributed by atoms with Crippen LogP contribution in [0.4, 0.5) is 0 Å². The number of rotatable bonds is 18. The molecule has 0 aliphatic carbocycles. The topological polar surface area (TPSA) is 232 Å². The van der Waals surface area contributed by atoms with Crippen molar-refractivity contribution in [1.29, 1.82) is 0 Å². The van der Waals surface area contributed by atoms with Crippen molar-refractivity contribution in [2.45, 2.75) is 119 Å². The van der Waals surface area contributed by atoms with Gasteiger partial charge in [-0.1, -0.05) is 80.1 Å². The molecule has 0 rings (SSSR count). The zero-order chi connectivity index (χ0) is 31.4. The van der Waals surface area contributed by atoms with Gasteiger partial charge in [0, 0.05) is 0 Å². The molecular formula is C27H45AlO12. The maximum absolute atomic E-state index is 10.8. The van der Waals surface area contributed by atoms with Crippen LogP contribution in [0.1, 0.15) is 119 Å². The van der Waals surface area contributed by atoms with Gasteiger partial charge < -0.3 is 45.0 Å². The van der Waals surface area contributed by atoms with E-state index in [-0.39, 0.29) is 55.9 Å². The van der Waals surface area contributed by atoms with E-state index in [0.717, 1.165) is 19.3 Å². The fourth-order valence-electron chi connectivity index (χ4n) is 3.74. The summed E-state index contributed by atoms with van der Waals surface area (Å²) in [4.78, 5) is 64.5. The van der Waals surface area contributed by atoms with Crippen LogP contribution in [0.5, 0.6) is 0 Å². The first kappa shape index (κ1) is 44.4. The van der Waals surface area contributed by atoms with Crippen LogP contribution in [0.3, 0.4) is 0 Å². The summed E-state index contributed by atoms with van der Waals surface area (Å²) in [6.45, 7) is 10.3. The van der Waals surface area contributed by atoms with Crippen molar-refractivity contribution >= 4 is 53.2 Å². The van der Waals surface area contributed by atoms with Crippen LogP contribution in [-0.2, 0) is 28.8 Å². The van der Waals surface area contributed by atoms with Gasteiger partial charge in [-0.15, -0.1) is 0 Å². The number of aliphatic carboxylic acids is 6. The molecule has 0 fully saturated rings. The van der Waals surface area contributed by atoms with Crippen LogP contribution >= 0.6 is 0 Å². The molecule has 40 heavy (non-hydrogen) atoms. The van der Waals surface area contributed by atoms with E-state index in [1.807, 2.05) is 20.8 Å². The molecule has 0 amide bonds. The fraction of sp³-hybridized carbons (Fsp3) is 0.778.